The molecule has 0 aliphatic carbocycles. The van der Waals surface area contributed by atoms with Gasteiger partial charge in [0.25, 0.3) is 0 Å². The van der Waals surface area contributed by atoms with Gasteiger partial charge in [-0.25, -0.2) is 0 Å². The first-order valence-corrected chi connectivity index (χ1v) is 4.06. The van der Waals surface area contributed by atoms with Gasteiger partial charge in [0.2, 0.25) is 0 Å². The van der Waals surface area contributed by atoms with Crippen LogP contribution in [0.2, 0.25) is 0 Å². The Morgan fingerprint density at radius 2 is 1.62 bits per heavy atom. The molecule has 0 spiro atoms. The van der Waals surface area contributed by atoms with Crippen molar-refractivity contribution in [1.82, 2.24) is 0 Å². The van der Waals surface area contributed by atoms with Crippen LogP contribution in [0.15, 0.2) is 0 Å². The molecular formula is C7H15S. The largest absolute Gasteiger partial charge is 0.154 e. The lowest BCUT2D eigenvalue weighted by atomic mass is 10.3. The van der Waals surface area contributed by atoms with E-state index in [4.69, 9.17) is 0 Å². The molecule has 8 heavy (non-hydrogen) atoms. The predicted molar refractivity (Wildman–Crippen MR) is 41.9 cm³/mol. The molecule has 0 saturated heterocycles. The molecule has 0 N–H and O–H groups in total. The fraction of sp³-hybridized carbons (Fsp3) is 0.857. The normalized spacial score (nSPS) is 11.2. The predicted octanol–water partition coefficient (Wildman–Crippen LogP) is 2.95. The maximum absolute atomic E-state index is 2.28. The second-order valence-electron chi connectivity index (χ2n) is 2.56. The van der Waals surface area contributed by atoms with Gasteiger partial charge in [0.1, 0.15) is 0 Å². The van der Waals surface area contributed by atoms with Crippen LogP contribution in [0.25, 0.3) is 0 Å². The SMILES string of the molecule is CC(C)[CH]SC(C)C. The topological polar surface area (TPSA) is 0 Å². The summed E-state index contributed by atoms with van der Waals surface area (Å²) in [6.07, 6.45) is 0. The number of hydrogen-bond acceptors (Lipinski definition) is 1. The van der Waals surface area contributed by atoms with Crippen molar-refractivity contribution in [2.45, 2.75) is 32.9 Å². The van der Waals surface area contributed by atoms with Crippen LogP contribution >= 0.6 is 11.8 Å². The number of thioether (sulfide) groups is 1. The molecule has 0 atom stereocenters. The van der Waals surface area contributed by atoms with Crippen LogP contribution < -0.4 is 0 Å². The summed E-state index contributed by atoms with van der Waals surface area (Å²) in [5.74, 6) is 3.01. The highest BCUT2D eigenvalue weighted by molar-refractivity contribution is 8.01. The van der Waals surface area contributed by atoms with Gasteiger partial charge in [0.05, 0.1) is 0 Å². The summed E-state index contributed by atoms with van der Waals surface area (Å²) < 4.78 is 0. The Morgan fingerprint density at radius 3 is 1.75 bits per heavy atom. The first kappa shape index (κ1) is 8.35. The Balaban J connectivity index is 2.93. The third kappa shape index (κ3) is 6.35. The van der Waals surface area contributed by atoms with Crippen molar-refractivity contribution in [2.75, 3.05) is 0 Å². The van der Waals surface area contributed by atoms with Gasteiger partial charge in [-0.15, -0.1) is 0 Å². The summed E-state index contributed by atoms with van der Waals surface area (Å²) in [6.45, 7) is 8.83. The number of rotatable bonds is 3. The summed E-state index contributed by atoms with van der Waals surface area (Å²) in [7, 11) is 0. The van der Waals surface area contributed by atoms with Gasteiger partial charge in [0.15, 0.2) is 0 Å². The van der Waals surface area contributed by atoms with E-state index in [1.165, 1.54) is 0 Å². The molecule has 1 radical (unpaired) electrons. The molecule has 0 aliphatic heterocycles. The Hall–Kier alpha value is 0.350. The molecule has 0 heterocycles. The molecule has 0 aromatic carbocycles. The van der Waals surface area contributed by atoms with Gasteiger partial charge in [-0.3, -0.25) is 0 Å². The van der Waals surface area contributed by atoms with E-state index in [1.54, 1.807) is 0 Å². The molecule has 49 valence electrons. The van der Waals surface area contributed by atoms with Gasteiger partial charge in [-0.1, -0.05) is 27.7 Å². The van der Waals surface area contributed by atoms with Crippen molar-refractivity contribution in [2.24, 2.45) is 5.92 Å². The maximum Gasteiger partial charge on any atom is 0.0194 e. The fourth-order valence-electron chi connectivity index (χ4n) is 0.314. The highest BCUT2D eigenvalue weighted by Crippen LogP contribution is 2.17. The van der Waals surface area contributed by atoms with Gasteiger partial charge in [-0.2, -0.15) is 11.8 Å². The highest BCUT2D eigenvalue weighted by Gasteiger charge is 1.96. The lowest BCUT2D eigenvalue weighted by molar-refractivity contribution is 0.809. The Labute approximate surface area is 57.1 Å². The first-order chi connectivity index (χ1) is 3.63. The quantitative estimate of drug-likeness (QED) is 0.567. The molecule has 0 fully saturated rings. The number of hydrogen-bond donors (Lipinski definition) is 0. The van der Waals surface area contributed by atoms with Crippen molar-refractivity contribution in [1.29, 1.82) is 0 Å². The molecule has 0 saturated carbocycles. The van der Waals surface area contributed by atoms with Crippen LogP contribution in [-0.4, -0.2) is 5.25 Å². The van der Waals surface area contributed by atoms with Crippen molar-refractivity contribution >= 4 is 11.8 Å². The summed E-state index contributed by atoms with van der Waals surface area (Å²) in [5, 5.41) is 0.748. The minimum atomic E-state index is 0.724. The van der Waals surface area contributed by atoms with E-state index in [9.17, 15) is 0 Å². The summed E-state index contributed by atoms with van der Waals surface area (Å²) in [6, 6.07) is 0. The zero-order chi connectivity index (χ0) is 6.57. The molecule has 0 bridgehead atoms. The standard InChI is InChI=1S/C7H15S/c1-6(2)5-8-7(3)4/h5-7H,1-4H3. The van der Waals surface area contributed by atoms with Gasteiger partial charge in [-0.05, 0) is 11.2 Å². The lowest BCUT2D eigenvalue weighted by Crippen LogP contribution is -1.89. The van der Waals surface area contributed by atoms with E-state index >= 15 is 0 Å². The van der Waals surface area contributed by atoms with Crippen molar-refractivity contribution in [3.05, 3.63) is 5.75 Å². The van der Waals surface area contributed by atoms with Crippen molar-refractivity contribution < 1.29 is 0 Å². The van der Waals surface area contributed by atoms with Gasteiger partial charge >= 0.3 is 0 Å². The van der Waals surface area contributed by atoms with Crippen LogP contribution in [0.5, 0.6) is 0 Å². The van der Waals surface area contributed by atoms with E-state index in [2.05, 4.69) is 33.4 Å². The monoisotopic (exact) mass is 131 g/mol. The summed E-state index contributed by atoms with van der Waals surface area (Å²) in [4.78, 5) is 0. The fourth-order valence-corrected chi connectivity index (χ4v) is 0.943. The zero-order valence-corrected chi connectivity index (χ0v) is 6.96. The van der Waals surface area contributed by atoms with Crippen LogP contribution in [0, 0.1) is 11.7 Å². The second-order valence-corrected chi connectivity index (χ2v) is 4.05. The first-order valence-electron chi connectivity index (χ1n) is 3.11. The van der Waals surface area contributed by atoms with Crippen LogP contribution in [0.3, 0.4) is 0 Å². The third-order valence-electron chi connectivity index (χ3n) is 0.623. The Morgan fingerprint density at radius 1 is 1.12 bits per heavy atom. The van der Waals surface area contributed by atoms with Crippen LogP contribution in [0.4, 0.5) is 0 Å². The van der Waals surface area contributed by atoms with E-state index in [0.717, 1.165) is 11.2 Å². The Kier molecular flexibility index (Phi) is 4.44. The van der Waals surface area contributed by atoms with Crippen LogP contribution in [-0.2, 0) is 0 Å². The van der Waals surface area contributed by atoms with Crippen molar-refractivity contribution in [3.63, 3.8) is 0 Å². The zero-order valence-electron chi connectivity index (χ0n) is 6.14. The minimum absolute atomic E-state index is 0.724. The van der Waals surface area contributed by atoms with Crippen LogP contribution in [0.1, 0.15) is 27.7 Å². The van der Waals surface area contributed by atoms with Gasteiger partial charge < -0.3 is 0 Å². The molecule has 0 aliphatic rings. The molecule has 0 aromatic heterocycles. The summed E-state index contributed by atoms with van der Waals surface area (Å²) >= 11 is 1.91. The second kappa shape index (κ2) is 4.25. The molecule has 0 aromatic rings. The minimum Gasteiger partial charge on any atom is -0.154 e. The summed E-state index contributed by atoms with van der Waals surface area (Å²) in [5.41, 5.74) is 0. The van der Waals surface area contributed by atoms with E-state index < -0.39 is 0 Å². The van der Waals surface area contributed by atoms with E-state index in [0.29, 0.717) is 0 Å². The third-order valence-corrected chi connectivity index (χ3v) is 1.87. The molecule has 0 amide bonds. The average molecular weight is 131 g/mol. The molecule has 1 heteroatoms. The highest BCUT2D eigenvalue weighted by atomic mass is 32.2. The molecule has 0 nitrogen and oxygen atoms in total. The van der Waals surface area contributed by atoms with E-state index in [1.807, 2.05) is 11.8 Å². The molecule has 0 rings (SSSR count). The lowest BCUT2D eigenvalue weighted by Gasteiger charge is -2.05. The smallest absolute Gasteiger partial charge is 0.0194 e. The maximum atomic E-state index is 2.28. The van der Waals surface area contributed by atoms with E-state index in [-0.39, 0.29) is 0 Å². The molecule has 0 unspecified atom stereocenters. The average Bonchev–Trinajstić information content (AvgIpc) is 1.61. The Bertz CT molecular complexity index is 40.3. The van der Waals surface area contributed by atoms with Crippen molar-refractivity contribution in [3.8, 4) is 0 Å². The van der Waals surface area contributed by atoms with Gasteiger partial charge in [0, 0.05) is 5.75 Å². The molecular weight excluding hydrogens is 116 g/mol.